The van der Waals surface area contributed by atoms with Crippen LogP contribution in [-0.4, -0.2) is 35.3 Å². The standard InChI is InChI=1S/C23H24N6O3S/c1-32-19-13-15(28-33(30,31)17-9-3-2-4-10-17)11-12-18(19)21-20-22(24)25-14-26-23(20)29(27-21)16-7-5-6-8-16/h2-4,9-14,16,28H,5-8H2,1H3,(H2,24,25,26). The van der Waals surface area contributed by atoms with Gasteiger partial charge in [0.15, 0.2) is 5.65 Å². The molecule has 0 radical (unpaired) electrons. The lowest BCUT2D eigenvalue weighted by atomic mass is 10.1. The van der Waals surface area contributed by atoms with Crippen LogP contribution in [0.25, 0.3) is 22.3 Å². The number of benzene rings is 2. The van der Waals surface area contributed by atoms with E-state index in [2.05, 4.69) is 14.7 Å². The lowest BCUT2D eigenvalue weighted by Crippen LogP contribution is -2.12. The third kappa shape index (κ3) is 3.86. The third-order valence-electron chi connectivity index (χ3n) is 5.95. The summed E-state index contributed by atoms with van der Waals surface area (Å²) in [5.41, 5.74) is 8.61. The predicted molar refractivity (Wildman–Crippen MR) is 126 cm³/mol. The molecule has 170 valence electrons. The predicted octanol–water partition coefficient (Wildman–Crippen LogP) is 4.00. The zero-order valence-corrected chi connectivity index (χ0v) is 18.9. The number of ether oxygens (including phenoxy) is 1. The number of nitrogens with two attached hydrogens (primary N) is 1. The summed E-state index contributed by atoms with van der Waals surface area (Å²) in [6, 6.07) is 13.5. The Kier molecular flexibility index (Phi) is 5.37. The first-order valence-electron chi connectivity index (χ1n) is 10.7. The lowest BCUT2D eigenvalue weighted by molar-refractivity contribution is 0.416. The van der Waals surface area contributed by atoms with Gasteiger partial charge in [-0.1, -0.05) is 31.0 Å². The second-order valence-electron chi connectivity index (χ2n) is 8.02. The Morgan fingerprint density at radius 1 is 1.09 bits per heavy atom. The number of rotatable bonds is 6. The van der Waals surface area contributed by atoms with E-state index in [9.17, 15) is 8.42 Å². The molecule has 1 aliphatic rings. The fourth-order valence-corrected chi connectivity index (χ4v) is 5.42. The molecule has 0 atom stereocenters. The van der Waals surface area contributed by atoms with Crippen molar-refractivity contribution in [3.05, 3.63) is 54.9 Å². The molecule has 2 heterocycles. The number of aromatic nitrogens is 4. The average Bonchev–Trinajstić information content (AvgIpc) is 3.48. The van der Waals surface area contributed by atoms with E-state index < -0.39 is 10.0 Å². The van der Waals surface area contributed by atoms with E-state index in [1.165, 1.54) is 13.4 Å². The van der Waals surface area contributed by atoms with Crippen LogP contribution in [0, 0.1) is 0 Å². The number of hydrogen-bond acceptors (Lipinski definition) is 7. The normalized spacial score (nSPS) is 14.6. The third-order valence-corrected chi connectivity index (χ3v) is 7.35. The molecule has 9 nitrogen and oxygen atoms in total. The molecule has 0 bridgehead atoms. The average molecular weight is 465 g/mol. The van der Waals surface area contributed by atoms with Crippen molar-refractivity contribution in [1.82, 2.24) is 19.7 Å². The molecular formula is C23H24N6O3S. The zero-order chi connectivity index (χ0) is 23.0. The van der Waals surface area contributed by atoms with E-state index in [4.69, 9.17) is 15.6 Å². The Morgan fingerprint density at radius 3 is 2.58 bits per heavy atom. The Labute approximate surface area is 191 Å². The molecular weight excluding hydrogens is 440 g/mol. The van der Waals surface area contributed by atoms with Gasteiger partial charge in [-0.3, -0.25) is 4.72 Å². The van der Waals surface area contributed by atoms with Gasteiger partial charge in [-0.25, -0.2) is 23.1 Å². The Hall–Kier alpha value is -3.66. The zero-order valence-electron chi connectivity index (χ0n) is 18.1. The van der Waals surface area contributed by atoms with E-state index in [-0.39, 0.29) is 10.9 Å². The van der Waals surface area contributed by atoms with E-state index in [0.717, 1.165) is 25.7 Å². The maximum atomic E-state index is 12.7. The largest absolute Gasteiger partial charge is 0.496 e. The van der Waals surface area contributed by atoms with Gasteiger partial charge in [0.05, 0.1) is 29.1 Å². The number of nitrogens with one attached hydrogen (secondary N) is 1. The van der Waals surface area contributed by atoms with Gasteiger partial charge in [0.2, 0.25) is 0 Å². The molecule has 0 spiro atoms. The van der Waals surface area contributed by atoms with Crippen LogP contribution in [0.5, 0.6) is 5.75 Å². The van der Waals surface area contributed by atoms with Gasteiger partial charge in [0.1, 0.15) is 23.6 Å². The number of nitrogen functional groups attached to an aromatic ring is 1. The molecule has 0 unspecified atom stereocenters. The summed E-state index contributed by atoms with van der Waals surface area (Å²) in [5.74, 6) is 0.805. The van der Waals surface area contributed by atoms with Crippen LogP contribution in [-0.2, 0) is 10.0 Å². The van der Waals surface area contributed by atoms with Gasteiger partial charge in [-0.15, -0.1) is 0 Å². The van der Waals surface area contributed by atoms with E-state index in [1.807, 2.05) is 4.68 Å². The molecule has 33 heavy (non-hydrogen) atoms. The van der Waals surface area contributed by atoms with Crippen molar-refractivity contribution >= 4 is 32.6 Å². The van der Waals surface area contributed by atoms with E-state index in [1.54, 1.807) is 48.5 Å². The summed E-state index contributed by atoms with van der Waals surface area (Å²) in [4.78, 5) is 8.81. The van der Waals surface area contributed by atoms with Crippen LogP contribution in [0.2, 0.25) is 0 Å². The highest BCUT2D eigenvalue weighted by molar-refractivity contribution is 7.92. The number of anilines is 2. The minimum Gasteiger partial charge on any atom is -0.496 e. The van der Waals surface area contributed by atoms with Crippen LogP contribution in [0.1, 0.15) is 31.7 Å². The number of sulfonamides is 1. The summed E-state index contributed by atoms with van der Waals surface area (Å²) in [6.45, 7) is 0. The van der Waals surface area contributed by atoms with Gasteiger partial charge < -0.3 is 10.5 Å². The lowest BCUT2D eigenvalue weighted by Gasteiger charge is -2.12. The maximum Gasteiger partial charge on any atom is 0.261 e. The second kappa shape index (κ2) is 8.36. The monoisotopic (exact) mass is 464 g/mol. The first-order chi connectivity index (χ1) is 16.0. The van der Waals surface area contributed by atoms with Gasteiger partial charge in [0.25, 0.3) is 10.0 Å². The highest BCUT2D eigenvalue weighted by Gasteiger charge is 2.26. The quantitative estimate of drug-likeness (QED) is 0.442. The molecule has 10 heteroatoms. The summed E-state index contributed by atoms with van der Waals surface area (Å²) >= 11 is 0. The molecule has 0 amide bonds. The van der Waals surface area contributed by atoms with Crippen molar-refractivity contribution in [3.63, 3.8) is 0 Å². The van der Waals surface area contributed by atoms with Crippen molar-refractivity contribution in [2.24, 2.45) is 0 Å². The molecule has 0 saturated heterocycles. The molecule has 1 aliphatic carbocycles. The van der Waals surface area contributed by atoms with E-state index in [0.29, 0.717) is 39.5 Å². The Balaban J connectivity index is 1.58. The molecule has 5 rings (SSSR count). The molecule has 1 fully saturated rings. The number of nitrogens with zero attached hydrogens (tertiary/aromatic N) is 4. The van der Waals surface area contributed by atoms with Crippen molar-refractivity contribution in [2.75, 3.05) is 17.6 Å². The van der Waals surface area contributed by atoms with Crippen molar-refractivity contribution in [2.45, 2.75) is 36.6 Å². The number of fused-ring (bicyclic) bond motifs is 1. The van der Waals surface area contributed by atoms with Gasteiger partial charge in [-0.05, 0) is 37.1 Å². The van der Waals surface area contributed by atoms with Crippen LogP contribution >= 0.6 is 0 Å². The molecule has 2 aromatic heterocycles. The van der Waals surface area contributed by atoms with Crippen LogP contribution < -0.4 is 15.2 Å². The summed E-state index contributed by atoms with van der Waals surface area (Å²) in [5, 5.41) is 5.55. The van der Waals surface area contributed by atoms with Gasteiger partial charge in [-0.2, -0.15) is 5.10 Å². The van der Waals surface area contributed by atoms with Crippen molar-refractivity contribution in [3.8, 4) is 17.0 Å². The SMILES string of the molecule is COc1cc(NS(=O)(=O)c2ccccc2)ccc1-c1nn(C2CCCC2)c2ncnc(N)c12. The maximum absolute atomic E-state index is 12.7. The van der Waals surface area contributed by atoms with Crippen LogP contribution in [0.3, 0.4) is 0 Å². The van der Waals surface area contributed by atoms with Crippen molar-refractivity contribution in [1.29, 1.82) is 0 Å². The second-order valence-corrected chi connectivity index (χ2v) is 9.70. The highest BCUT2D eigenvalue weighted by Crippen LogP contribution is 2.40. The fourth-order valence-electron chi connectivity index (χ4n) is 4.35. The Bertz CT molecular complexity index is 1410. The molecule has 0 aliphatic heterocycles. The minimum atomic E-state index is -3.73. The molecule has 3 N–H and O–H groups in total. The molecule has 2 aromatic carbocycles. The summed E-state index contributed by atoms with van der Waals surface area (Å²) in [6.07, 6.45) is 5.84. The molecule has 1 saturated carbocycles. The summed E-state index contributed by atoms with van der Waals surface area (Å²) in [7, 11) is -2.20. The first-order valence-corrected chi connectivity index (χ1v) is 12.2. The number of methoxy groups -OCH3 is 1. The van der Waals surface area contributed by atoms with Crippen molar-refractivity contribution < 1.29 is 13.2 Å². The number of hydrogen-bond donors (Lipinski definition) is 2. The fraction of sp³-hybridized carbons (Fsp3) is 0.261. The first kappa shape index (κ1) is 21.2. The smallest absolute Gasteiger partial charge is 0.261 e. The minimum absolute atomic E-state index is 0.180. The topological polar surface area (TPSA) is 125 Å². The van der Waals surface area contributed by atoms with Crippen LogP contribution in [0.15, 0.2) is 59.8 Å². The van der Waals surface area contributed by atoms with Gasteiger partial charge in [0, 0.05) is 11.6 Å². The Morgan fingerprint density at radius 2 is 1.85 bits per heavy atom. The highest BCUT2D eigenvalue weighted by atomic mass is 32.2. The molecule has 4 aromatic rings. The van der Waals surface area contributed by atoms with Gasteiger partial charge >= 0.3 is 0 Å². The van der Waals surface area contributed by atoms with Crippen LogP contribution in [0.4, 0.5) is 11.5 Å². The van der Waals surface area contributed by atoms with E-state index >= 15 is 0 Å². The summed E-state index contributed by atoms with van der Waals surface area (Å²) < 4.78 is 35.6.